The molecule has 0 amide bonds. The van der Waals surface area contributed by atoms with E-state index >= 15 is 0 Å². The van der Waals surface area contributed by atoms with Crippen molar-refractivity contribution in [1.29, 1.82) is 0 Å². The minimum Gasteiger partial charge on any atom is -0.419 e. The molecule has 0 aromatic rings. The van der Waals surface area contributed by atoms with Gasteiger partial charge in [0, 0.05) is 0 Å². The standard InChI is InChI=1S/C4H5O.Li/c1-2-3-4-5;/h2-3H,1H3;/q-1;+1. The molecular formula is C4H5LiO. The van der Waals surface area contributed by atoms with Crippen LogP contribution >= 0.6 is 0 Å². The molecule has 0 aliphatic rings. The summed E-state index contributed by atoms with van der Waals surface area (Å²) in [6, 6.07) is 0. The smallest absolute Gasteiger partial charge is 0.419 e. The summed E-state index contributed by atoms with van der Waals surface area (Å²) in [7, 11) is 0. The van der Waals surface area contributed by atoms with Crippen molar-refractivity contribution in [3.05, 3.63) is 12.2 Å². The summed E-state index contributed by atoms with van der Waals surface area (Å²) >= 11 is 0. The summed E-state index contributed by atoms with van der Waals surface area (Å²) in [5, 5.41) is 0. The fourth-order valence-electron chi connectivity index (χ4n) is 0.0680. The molecule has 1 nitrogen and oxygen atoms in total. The van der Waals surface area contributed by atoms with Crippen LogP contribution in [0.4, 0.5) is 0 Å². The van der Waals surface area contributed by atoms with E-state index in [1.54, 1.807) is 19.3 Å². The Balaban J connectivity index is 0. The topological polar surface area (TPSA) is 17.1 Å². The van der Waals surface area contributed by atoms with Crippen molar-refractivity contribution in [3.8, 4) is 0 Å². The van der Waals surface area contributed by atoms with E-state index in [9.17, 15) is 4.79 Å². The Morgan fingerprint density at radius 1 is 1.67 bits per heavy atom. The van der Waals surface area contributed by atoms with E-state index in [1.165, 1.54) is 6.08 Å². The van der Waals surface area contributed by atoms with E-state index in [-0.39, 0.29) is 18.9 Å². The predicted octanol–water partition coefficient (Wildman–Crippen LogP) is -2.32. The molecular weight excluding hydrogens is 71.0 g/mol. The second-order valence-electron chi connectivity index (χ2n) is 0.618. The summed E-state index contributed by atoms with van der Waals surface area (Å²) in [4.78, 5) is 9.19. The van der Waals surface area contributed by atoms with Crippen LogP contribution in [0.2, 0.25) is 0 Å². The molecule has 0 aromatic carbocycles. The molecule has 0 bridgehead atoms. The molecule has 28 valence electrons. The molecule has 0 aliphatic carbocycles. The van der Waals surface area contributed by atoms with Crippen molar-refractivity contribution in [2.75, 3.05) is 0 Å². The molecule has 0 saturated heterocycles. The van der Waals surface area contributed by atoms with E-state index in [0.29, 0.717) is 0 Å². The second-order valence-corrected chi connectivity index (χ2v) is 0.618. The van der Waals surface area contributed by atoms with Crippen molar-refractivity contribution in [3.63, 3.8) is 0 Å². The van der Waals surface area contributed by atoms with Gasteiger partial charge in [-0.05, 0) is 6.29 Å². The third-order valence-electron chi connectivity index (χ3n) is 0.235. The quantitative estimate of drug-likeness (QED) is 0.194. The fourth-order valence-corrected chi connectivity index (χ4v) is 0.0680. The first-order valence-corrected chi connectivity index (χ1v) is 1.40. The van der Waals surface area contributed by atoms with Gasteiger partial charge in [0.1, 0.15) is 0 Å². The van der Waals surface area contributed by atoms with E-state index in [0.717, 1.165) is 0 Å². The Labute approximate surface area is 49.6 Å². The van der Waals surface area contributed by atoms with Crippen LogP contribution in [0, 0.1) is 0 Å². The van der Waals surface area contributed by atoms with Crippen LogP contribution in [-0.2, 0) is 4.79 Å². The molecule has 0 aliphatic heterocycles. The van der Waals surface area contributed by atoms with E-state index < -0.39 is 0 Å². The second kappa shape index (κ2) is 8.89. The Kier molecular flexibility index (Phi) is 13.9. The normalized spacial score (nSPS) is 7.50. The van der Waals surface area contributed by atoms with Crippen molar-refractivity contribution in [2.24, 2.45) is 0 Å². The minimum atomic E-state index is 0. The van der Waals surface area contributed by atoms with Gasteiger partial charge in [-0.2, -0.15) is 6.08 Å². The van der Waals surface area contributed by atoms with Gasteiger partial charge < -0.3 is 4.79 Å². The average molecular weight is 76.0 g/mol. The molecule has 0 atom stereocenters. The molecule has 0 radical (unpaired) electrons. The van der Waals surface area contributed by atoms with Gasteiger partial charge in [-0.15, -0.1) is 6.92 Å². The van der Waals surface area contributed by atoms with Crippen LogP contribution in [0.1, 0.15) is 6.92 Å². The van der Waals surface area contributed by atoms with Crippen molar-refractivity contribution < 1.29 is 23.7 Å². The molecule has 0 rings (SSSR count). The number of allylic oxidation sites excluding steroid dienone is 2. The van der Waals surface area contributed by atoms with Crippen LogP contribution in [0.25, 0.3) is 0 Å². The molecule has 6 heavy (non-hydrogen) atoms. The summed E-state index contributed by atoms with van der Waals surface area (Å²) < 4.78 is 0. The molecule has 0 saturated carbocycles. The fraction of sp³-hybridized carbons (Fsp3) is 0.250. The maximum atomic E-state index is 9.19. The first-order valence-electron chi connectivity index (χ1n) is 1.40. The number of hydrogen-bond donors (Lipinski definition) is 0. The zero-order chi connectivity index (χ0) is 4.12. The van der Waals surface area contributed by atoms with Crippen molar-refractivity contribution in [1.82, 2.24) is 0 Å². The van der Waals surface area contributed by atoms with Crippen LogP contribution in [0.3, 0.4) is 0 Å². The van der Waals surface area contributed by atoms with Gasteiger partial charge in [0.25, 0.3) is 0 Å². The van der Waals surface area contributed by atoms with Crippen molar-refractivity contribution >= 4 is 6.29 Å². The van der Waals surface area contributed by atoms with Crippen LogP contribution in [0.5, 0.6) is 0 Å². The monoisotopic (exact) mass is 76.1 g/mol. The third-order valence-corrected chi connectivity index (χ3v) is 0.235. The van der Waals surface area contributed by atoms with Crippen LogP contribution in [-0.4, -0.2) is 6.29 Å². The van der Waals surface area contributed by atoms with Gasteiger partial charge in [-0.3, -0.25) is 0 Å². The van der Waals surface area contributed by atoms with Gasteiger partial charge >= 0.3 is 18.9 Å². The third kappa shape index (κ3) is 8.99. The number of hydrogen-bond acceptors (Lipinski definition) is 1. The summed E-state index contributed by atoms with van der Waals surface area (Å²) in [6.07, 6.45) is 4.54. The Morgan fingerprint density at radius 3 is 2.17 bits per heavy atom. The maximum absolute atomic E-state index is 9.19. The first-order chi connectivity index (χ1) is 2.41. The van der Waals surface area contributed by atoms with Gasteiger partial charge in [0.15, 0.2) is 0 Å². The Bertz CT molecular complexity index is 49.5. The van der Waals surface area contributed by atoms with Crippen LogP contribution in [0.15, 0.2) is 12.2 Å². The Hall–Kier alpha value is 0.00740. The summed E-state index contributed by atoms with van der Waals surface area (Å²) in [5.74, 6) is 0. The molecule has 0 fully saturated rings. The molecule has 0 N–H and O–H groups in total. The van der Waals surface area contributed by atoms with Gasteiger partial charge in [0.2, 0.25) is 0 Å². The number of carbonyl (C=O) groups excluding carboxylic acids is 1. The zero-order valence-electron chi connectivity index (χ0n) is 4.06. The summed E-state index contributed by atoms with van der Waals surface area (Å²) in [5.41, 5.74) is 0. The molecule has 0 heterocycles. The van der Waals surface area contributed by atoms with Crippen molar-refractivity contribution in [2.45, 2.75) is 6.92 Å². The van der Waals surface area contributed by atoms with Gasteiger partial charge in [-0.25, -0.2) is 6.08 Å². The molecule has 0 aromatic heterocycles. The summed E-state index contributed by atoms with van der Waals surface area (Å²) in [6.45, 7) is 1.77. The molecule has 2 heteroatoms. The maximum Gasteiger partial charge on any atom is 1.00 e. The Morgan fingerprint density at radius 2 is 2.17 bits per heavy atom. The van der Waals surface area contributed by atoms with E-state index in [1.807, 2.05) is 0 Å². The molecule has 0 unspecified atom stereocenters. The first kappa shape index (κ1) is 9.38. The predicted molar refractivity (Wildman–Crippen MR) is 20.5 cm³/mol. The average Bonchev–Trinajstić information content (AvgIpc) is 1.41. The number of rotatable bonds is 1. The minimum absolute atomic E-state index is 0. The zero-order valence-corrected chi connectivity index (χ0v) is 4.06. The van der Waals surface area contributed by atoms with E-state index in [4.69, 9.17) is 0 Å². The van der Waals surface area contributed by atoms with Gasteiger partial charge in [0.05, 0.1) is 0 Å². The molecule has 0 spiro atoms. The van der Waals surface area contributed by atoms with Crippen LogP contribution < -0.4 is 18.9 Å². The van der Waals surface area contributed by atoms with Gasteiger partial charge in [-0.1, -0.05) is 0 Å². The van der Waals surface area contributed by atoms with E-state index in [2.05, 4.69) is 0 Å². The SMILES string of the molecule is CC=C[C-]=O.[Li+]. The largest absolute Gasteiger partial charge is 1.00 e.